The second-order valence-electron chi connectivity index (χ2n) is 18.8. The van der Waals surface area contributed by atoms with Gasteiger partial charge in [-0.15, -0.1) is 11.6 Å². The molecule has 11 heteroatoms. The molecule has 3 saturated carbocycles. The lowest BCUT2D eigenvalue weighted by Gasteiger charge is -2.62. The van der Waals surface area contributed by atoms with Crippen LogP contribution in [0.25, 0.3) is 11.8 Å². The molecule has 4 aliphatic heterocycles. The molecule has 4 fully saturated rings. The molecule has 7 unspecified atom stereocenters. The van der Waals surface area contributed by atoms with Crippen LogP contribution in [0.2, 0.25) is 0 Å². The number of carbonyl (C=O) groups excluding carboxylic acids is 4. The van der Waals surface area contributed by atoms with Gasteiger partial charge in [-0.2, -0.15) is 0 Å². The summed E-state index contributed by atoms with van der Waals surface area (Å²) in [6, 6.07) is 7.45. The number of halogens is 1. The highest BCUT2D eigenvalue weighted by Crippen LogP contribution is 2.74. The van der Waals surface area contributed by atoms with Crippen molar-refractivity contribution in [1.29, 1.82) is 0 Å². The minimum absolute atomic E-state index is 0.00144. The van der Waals surface area contributed by atoms with E-state index in [4.69, 9.17) is 40.3 Å². The van der Waals surface area contributed by atoms with Gasteiger partial charge >= 0.3 is 11.9 Å². The molecule has 10 rings (SSSR count). The SMILES string of the molecule is COC(=O)C(C)=CCC12OC(C)(C)C3CC(C1=O)C1C4=C(N=C5c6ccccc6C(=O)C51)c1c(OC(=O)CCl)c5c(c(CC=C(C)C)c1OC432)OC(C)(CCC=C(C)C)C=C5. The molecular weight excluding hydrogens is 794 g/mol. The largest absolute Gasteiger partial charge is 0.482 e. The summed E-state index contributed by atoms with van der Waals surface area (Å²) in [5, 5.41) is 0. The van der Waals surface area contributed by atoms with E-state index in [1.165, 1.54) is 12.7 Å². The Hall–Kier alpha value is -5.06. The van der Waals surface area contributed by atoms with Crippen molar-refractivity contribution in [2.24, 2.45) is 28.7 Å². The first kappa shape index (κ1) is 41.3. The summed E-state index contributed by atoms with van der Waals surface area (Å²) in [5.74, 6) is -3.25. The number of hydrogen-bond acceptors (Lipinski definition) is 10. The van der Waals surface area contributed by atoms with Crippen LogP contribution in [0.4, 0.5) is 0 Å². The summed E-state index contributed by atoms with van der Waals surface area (Å²) in [6.45, 7) is 15.8. The minimum Gasteiger partial charge on any atom is -0.482 e. The second-order valence-corrected chi connectivity index (χ2v) is 19.1. The lowest BCUT2D eigenvalue weighted by atomic mass is 9.43. The highest BCUT2D eigenvalue weighted by molar-refractivity contribution is 6.31. The average Bonchev–Trinajstić information content (AvgIpc) is 3.58. The van der Waals surface area contributed by atoms with Crippen molar-refractivity contribution >= 4 is 52.6 Å². The van der Waals surface area contributed by atoms with Crippen molar-refractivity contribution in [2.45, 2.75) is 110 Å². The fourth-order valence-electron chi connectivity index (χ4n) is 11.4. The van der Waals surface area contributed by atoms with Crippen LogP contribution < -0.4 is 14.2 Å². The third-order valence-corrected chi connectivity index (χ3v) is 14.2. The van der Waals surface area contributed by atoms with Crippen LogP contribution in [0.5, 0.6) is 17.2 Å². The lowest BCUT2D eigenvalue weighted by Crippen LogP contribution is -2.75. The number of rotatable bonds is 10. The van der Waals surface area contributed by atoms with Gasteiger partial charge in [0, 0.05) is 52.0 Å². The van der Waals surface area contributed by atoms with Gasteiger partial charge in [-0.25, -0.2) is 4.79 Å². The number of fused-ring (bicyclic) bond motifs is 6. The summed E-state index contributed by atoms with van der Waals surface area (Å²) in [4.78, 5) is 62.3. The number of ketones is 2. The lowest BCUT2D eigenvalue weighted by molar-refractivity contribution is -0.183. The van der Waals surface area contributed by atoms with Gasteiger partial charge in [0.1, 0.15) is 23.0 Å². The average molecular weight is 846 g/mol. The molecule has 2 aromatic rings. The van der Waals surface area contributed by atoms with Crippen LogP contribution >= 0.6 is 11.6 Å². The monoisotopic (exact) mass is 845 g/mol. The Kier molecular flexibility index (Phi) is 9.64. The molecule has 61 heavy (non-hydrogen) atoms. The third-order valence-electron chi connectivity index (χ3n) is 14.0. The summed E-state index contributed by atoms with van der Waals surface area (Å²) in [6.07, 6.45) is 12.2. The number of allylic oxidation sites excluding steroid dienone is 4. The molecule has 1 saturated heterocycles. The number of nitrogens with zero attached hydrogens (tertiary/aromatic N) is 1. The van der Waals surface area contributed by atoms with E-state index in [1.807, 2.05) is 71.0 Å². The van der Waals surface area contributed by atoms with E-state index in [2.05, 4.69) is 26.0 Å². The smallest absolute Gasteiger partial charge is 0.333 e. The number of esters is 2. The van der Waals surface area contributed by atoms with Crippen LogP contribution in [0, 0.1) is 23.7 Å². The van der Waals surface area contributed by atoms with Crippen LogP contribution in [0.1, 0.15) is 114 Å². The van der Waals surface area contributed by atoms with Crippen molar-refractivity contribution < 1.29 is 42.9 Å². The van der Waals surface area contributed by atoms with E-state index in [1.54, 1.807) is 13.0 Å². The van der Waals surface area contributed by atoms with E-state index < -0.39 is 63.9 Å². The molecule has 0 N–H and O–H groups in total. The zero-order chi connectivity index (χ0) is 43.6. The molecule has 0 radical (unpaired) electrons. The number of Topliss-reactive ketones (excluding diaryl/α,β-unsaturated/α-hetero) is 2. The molecular formula is C50H52ClNO9. The number of ether oxygens (including phenoxy) is 5. The third kappa shape index (κ3) is 5.80. The highest BCUT2D eigenvalue weighted by Gasteiger charge is 2.84. The second kappa shape index (κ2) is 14.2. The molecule has 1 spiro atoms. The predicted molar refractivity (Wildman–Crippen MR) is 232 cm³/mol. The number of benzene rings is 2. The first-order chi connectivity index (χ1) is 28.9. The highest BCUT2D eigenvalue weighted by atomic mass is 35.5. The van der Waals surface area contributed by atoms with Crippen molar-refractivity contribution in [1.82, 2.24) is 0 Å². The Balaban J connectivity index is 1.40. The molecule has 4 heterocycles. The van der Waals surface area contributed by atoms with Gasteiger partial charge in [0.15, 0.2) is 28.5 Å². The Morgan fingerprint density at radius 2 is 1.69 bits per heavy atom. The van der Waals surface area contributed by atoms with Crippen molar-refractivity contribution in [3.63, 3.8) is 0 Å². The molecule has 0 amide bonds. The molecule has 4 aliphatic carbocycles. The fraction of sp³-hybridized carbons (Fsp3) is 0.460. The molecule has 8 aliphatic rings. The summed E-state index contributed by atoms with van der Waals surface area (Å²) in [7, 11) is 1.32. The van der Waals surface area contributed by atoms with Crippen LogP contribution in [-0.4, -0.2) is 64.6 Å². The molecule has 0 aromatic heterocycles. The van der Waals surface area contributed by atoms with Gasteiger partial charge in [0.25, 0.3) is 0 Å². The van der Waals surface area contributed by atoms with Gasteiger partial charge in [0.05, 0.1) is 41.2 Å². The van der Waals surface area contributed by atoms with Crippen molar-refractivity contribution in [2.75, 3.05) is 13.0 Å². The number of methoxy groups -OCH3 is 1. The summed E-state index contributed by atoms with van der Waals surface area (Å²) in [5.41, 5.74) is 2.52. The fourth-order valence-corrected chi connectivity index (χ4v) is 11.5. The maximum atomic E-state index is 15.7. The topological polar surface area (TPSA) is 127 Å². The van der Waals surface area contributed by atoms with Crippen LogP contribution in [0.3, 0.4) is 0 Å². The molecule has 10 nitrogen and oxygen atoms in total. The van der Waals surface area contributed by atoms with Crippen LogP contribution in [0.15, 0.2) is 75.9 Å². The van der Waals surface area contributed by atoms with Gasteiger partial charge in [0.2, 0.25) is 0 Å². The molecule has 4 bridgehead atoms. The Morgan fingerprint density at radius 3 is 2.38 bits per heavy atom. The Bertz CT molecular complexity index is 2550. The van der Waals surface area contributed by atoms with Gasteiger partial charge in [-0.05, 0) is 93.2 Å². The number of aliphatic imine (C=N–C) groups is 1. The van der Waals surface area contributed by atoms with E-state index in [9.17, 15) is 14.4 Å². The van der Waals surface area contributed by atoms with Crippen molar-refractivity contribution in [3.05, 3.63) is 98.7 Å². The normalized spacial score (nSPS) is 30.2. The Labute approximate surface area is 361 Å². The first-order valence-electron chi connectivity index (χ1n) is 21.2. The maximum Gasteiger partial charge on any atom is 0.333 e. The van der Waals surface area contributed by atoms with Gasteiger partial charge in [-0.1, -0.05) is 53.6 Å². The van der Waals surface area contributed by atoms with E-state index in [0.29, 0.717) is 81.1 Å². The number of carbonyl (C=O) groups is 4. The summed E-state index contributed by atoms with van der Waals surface area (Å²) < 4.78 is 33.4. The quantitative estimate of drug-likeness (QED) is 0.0756. The first-order valence-corrected chi connectivity index (χ1v) is 21.8. The van der Waals surface area contributed by atoms with E-state index in [-0.39, 0.29) is 23.7 Å². The maximum absolute atomic E-state index is 15.7. The molecule has 318 valence electrons. The van der Waals surface area contributed by atoms with E-state index >= 15 is 4.79 Å². The minimum atomic E-state index is -1.63. The van der Waals surface area contributed by atoms with Crippen molar-refractivity contribution in [3.8, 4) is 17.2 Å². The molecule has 7 atom stereocenters. The zero-order valence-electron chi connectivity index (χ0n) is 36.2. The standard InChI is InChI=1S/C50H52ClNO9/c1-25(2)13-12-20-48(8)21-19-31-42(59-48)30(17-16-26(3)4)44-37(43(31)58-34(53)24-51)40-38-35(36-39(52-40)28-14-10-11-15-29(28)41(36)54)32-23-33-47(6,7)61-49(45(32)55,50(33,38)60-44)22-18-27(5)46(56)57-9/h10-11,13-16,18-19,21,32-33,35-36H,12,17,20,22-24H2,1-9H3. The number of hydrogen-bond donors (Lipinski definition) is 0. The van der Waals surface area contributed by atoms with Gasteiger partial charge < -0.3 is 23.7 Å². The predicted octanol–water partition coefficient (Wildman–Crippen LogP) is 9.30. The summed E-state index contributed by atoms with van der Waals surface area (Å²) >= 11 is 6.19. The molecule has 2 aromatic carbocycles. The Morgan fingerprint density at radius 1 is 0.967 bits per heavy atom. The van der Waals surface area contributed by atoms with E-state index in [0.717, 1.165) is 12.0 Å². The number of alkyl halides is 1. The van der Waals surface area contributed by atoms with Crippen LogP contribution in [-0.2, 0) is 30.3 Å². The zero-order valence-corrected chi connectivity index (χ0v) is 37.0. The van der Waals surface area contributed by atoms with Gasteiger partial charge in [-0.3, -0.25) is 19.4 Å².